The van der Waals surface area contributed by atoms with Gasteiger partial charge in [0.2, 0.25) is 5.91 Å². The molecule has 0 saturated carbocycles. The van der Waals surface area contributed by atoms with Crippen LogP contribution in [0.15, 0.2) is 17.5 Å². The van der Waals surface area contributed by atoms with E-state index in [2.05, 4.69) is 10.6 Å². The van der Waals surface area contributed by atoms with Gasteiger partial charge in [-0.3, -0.25) is 4.79 Å². The van der Waals surface area contributed by atoms with Gasteiger partial charge < -0.3 is 15.4 Å². The third kappa shape index (κ3) is 5.61. The summed E-state index contributed by atoms with van der Waals surface area (Å²) in [5, 5.41) is 7.45. The van der Waals surface area contributed by atoms with Gasteiger partial charge in [0.15, 0.2) is 0 Å². The molecule has 0 aliphatic carbocycles. The minimum absolute atomic E-state index is 0.00106. The van der Waals surface area contributed by atoms with Crippen molar-refractivity contribution >= 4 is 23.3 Å². The predicted octanol–water partition coefficient (Wildman–Crippen LogP) is 2.18. The summed E-state index contributed by atoms with van der Waals surface area (Å²) in [5.41, 5.74) is 0. The summed E-state index contributed by atoms with van der Waals surface area (Å²) < 4.78 is 4.81. The van der Waals surface area contributed by atoms with Crippen LogP contribution in [0.25, 0.3) is 0 Å². The van der Waals surface area contributed by atoms with Crippen LogP contribution >= 0.6 is 11.3 Å². The maximum absolute atomic E-state index is 12.1. The molecule has 0 spiro atoms. The summed E-state index contributed by atoms with van der Waals surface area (Å²) in [6.45, 7) is 6.35. The average Bonchev–Trinajstić information content (AvgIpc) is 2.89. The molecular weight excluding hydrogens is 276 g/mol. The maximum Gasteiger partial charge on any atom is 0.407 e. The van der Waals surface area contributed by atoms with Crippen molar-refractivity contribution in [2.24, 2.45) is 5.92 Å². The highest BCUT2D eigenvalue weighted by atomic mass is 32.1. The number of carbonyl (C=O) groups is 2. The van der Waals surface area contributed by atoms with Crippen LogP contribution in [0, 0.1) is 5.92 Å². The zero-order valence-corrected chi connectivity index (χ0v) is 13.0. The van der Waals surface area contributed by atoms with Crippen LogP contribution in [0.2, 0.25) is 0 Å². The second-order valence-corrected chi connectivity index (χ2v) is 5.74. The van der Waals surface area contributed by atoms with Crippen molar-refractivity contribution in [3.8, 4) is 0 Å². The maximum atomic E-state index is 12.1. The summed E-state index contributed by atoms with van der Waals surface area (Å²) in [6, 6.07) is 3.45. The molecule has 2 amide bonds. The lowest BCUT2D eigenvalue weighted by Crippen LogP contribution is -2.50. The standard InChI is InChI=1S/C14H22N2O3S/c1-4-19-14(18)16-12(10(2)3)13(17)15-8-7-11-6-5-9-20-11/h5-6,9-10,12H,4,7-8H2,1-3H3,(H,15,17)(H,16,18). The molecular formula is C14H22N2O3S. The third-order valence-corrected chi connectivity index (χ3v) is 3.68. The molecule has 6 heteroatoms. The van der Waals surface area contributed by atoms with Gasteiger partial charge in [-0.15, -0.1) is 11.3 Å². The number of ether oxygens (including phenoxy) is 1. The first-order valence-electron chi connectivity index (χ1n) is 6.78. The van der Waals surface area contributed by atoms with E-state index in [1.165, 1.54) is 4.88 Å². The third-order valence-electron chi connectivity index (χ3n) is 2.75. The topological polar surface area (TPSA) is 67.4 Å². The quantitative estimate of drug-likeness (QED) is 0.810. The summed E-state index contributed by atoms with van der Waals surface area (Å²) in [4.78, 5) is 24.7. The molecule has 0 fully saturated rings. The van der Waals surface area contributed by atoms with Crippen LogP contribution in [-0.4, -0.2) is 31.2 Å². The number of carbonyl (C=O) groups excluding carboxylic acids is 2. The first kappa shape index (κ1) is 16.5. The number of amides is 2. The second-order valence-electron chi connectivity index (χ2n) is 4.71. The van der Waals surface area contributed by atoms with Crippen LogP contribution in [0.4, 0.5) is 4.79 Å². The molecule has 2 N–H and O–H groups in total. The van der Waals surface area contributed by atoms with Gasteiger partial charge in [-0.05, 0) is 30.7 Å². The minimum Gasteiger partial charge on any atom is -0.450 e. The molecule has 0 bridgehead atoms. The highest BCUT2D eigenvalue weighted by Gasteiger charge is 2.24. The van der Waals surface area contributed by atoms with Crippen molar-refractivity contribution in [1.82, 2.24) is 10.6 Å². The molecule has 0 aliphatic rings. The Balaban J connectivity index is 2.41. The van der Waals surface area contributed by atoms with Gasteiger partial charge in [-0.1, -0.05) is 19.9 Å². The number of hydrogen-bond acceptors (Lipinski definition) is 4. The second kappa shape index (κ2) is 8.58. The Morgan fingerprint density at radius 2 is 2.15 bits per heavy atom. The van der Waals surface area contributed by atoms with E-state index in [0.29, 0.717) is 6.54 Å². The van der Waals surface area contributed by atoms with Crippen LogP contribution in [-0.2, 0) is 16.0 Å². The Morgan fingerprint density at radius 1 is 1.40 bits per heavy atom. The van der Waals surface area contributed by atoms with Crippen LogP contribution < -0.4 is 10.6 Å². The highest BCUT2D eigenvalue weighted by molar-refractivity contribution is 7.09. The van der Waals surface area contributed by atoms with Crippen LogP contribution in [0.1, 0.15) is 25.6 Å². The van der Waals surface area contributed by atoms with E-state index in [0.717, 1.165) is 6.42 Å². The zero-order chi connectivity index (χ0) is 15.0. The predicted molar refractivity (Wildman–Crippen MR) is 79.8 cm³/mol. The molecule has 0 aliphatic heterocycles. The number of nitrogens with one attached hydrogen (secondary N) is 2. The van der Waals surface area contributed by atoms with Crippen molar-refractivity contribution in [2.75, 3.05) is 13.2 Å². The van der Waals surface area contributed by atoms with Crippen molar-refractivity contribution in [2.45, 2.75) is 33.2 Å². The molecule has 0 saturated heterocycles. The van der Waals surface area contributed by atoms with Crippen molar-refractivity contribution < 1.29 is 14.3 Å². The number of alkyl carbamates (subject to hydrolysis) is 1. The first-order chi connectivity index (χ1) is 9.54. The van der Waals surface area contributed by atoms with E-state index < -0.39 is 12.1 Å². The molecule has 1 aromatic rings. The average molecular weight is 298 g/mol. The summed E-state index contributed by atoms with van der Waals surface area (Å²) in [6.07, 6.45) is 0.243. The van der Waals surface area contributed by atoms with E-state index in [-0.39, 0.29) is 18.4 Å². The Hall–Kier alpha value is -1.56. The Bertz CT molecular complexity index is 418. The van der Waals surface area contributed by atoms with Gasteiger partial charge in [0, 0.05) is 11.4 Å². The van der Waals surface area contributed by atoms with E-state index in [1.54, 1.807) is 18.3 Å². The Labute approximate surface area is 123 Å². The van der Waals surface area contributed by atoms with E-state index in [1.807, 2.05) is 31.4 Å². The molecule has 112 valence electrons. The van der Waals surface area contributed by atoms with Gasteiger partial charge >= 0.3 is 6.09 Å². The van der Waals surface area contributed by atoms with Crippen molar-refractivity contribution in [1.29, 1.82) is 0 Å². The SMILES string of the molecule is CCOC(=O)NC(C(=O)NCCc1cccs1)C(C)C. The van der Waals surface area contributed by atoms with Gasteiger partial charge in [0.05, 0.1) is 6.61 Å². The normalized spacial score (nSPS) is 12.0. The molecule has 1 unspecified atom stereocenters. The Kier molecular flexibility index (Phi) is 7.08. The molecule has 1 rings (SSSR count). The van der Waals surface area contributed by atoms with Crippen molar-refractivity contribution in [3.63, 3.8) is 0 Å². The van der Waals surface area contributed by atoms with E-state index in [9.17, 15) is 9.59 Å². The molecule has 1 atom stereocenters. The van der Waals surface area contributed by atoms with Crippen LogP contribution in [0.5, 0.6) is 0 Å². The molecule has 1 aromatic heterocycles. The van der Waals surface area contributed by atoms with Crippen molar-refractivity contribution in [3.05, 3.63) is 22.4 Å². The number of rotatable bonds is 7. The smallest absolute Gasteiger partial charge is 0.407 e. The Morgan fingerprint density at radius 3 is 2.70 bits per heavy atom. The summed E-state index contributed by atoms with van der Waals surface area (Å²) in [5.74, 6) is -0.175. The monoisotopic (exact) mass is 298 g/mol. The van der Waals surface area contributed by atoms with E-state index >= 15 is 0 Å². The molecule has 5 nitrogen and oxygen atoms in total. The fourth-order valence-corrected chi connectivity index (χ4v) is 2.42. The van der Waals surface area contributed by atoms with Gasteiger partial charge in [-0.25, -0.2) is 4.79 Å². The lowest BCUT2D eigenvalue weighted by molar-refractivity contribution is -0.124. The number of hydrogen-bond donors (Lipinski definition) is 2. The highest BCUT2D eigenvalue weighted by Crippen LogP contribution is 2.08. The molecule has 0 radical (unpaired) electrons. The van der Waals surface area contributed by atoms with E-state index in [4.69, 9.17) is 4.74 Å². The zero-order valence-electron chi connectivity index (χ0n) is 12.1. The van der Waals surface area contributed by atoms with Gasteiger partial charge in [0.1, 0.15) is 6.04 Å². The molecule has 0 aromatic carbocycles. The summed E-state index contributed by atoms with van der Waals surface area (Å²) >= 11 is 1.67. The fourth-order valence-electron chi connectivity index (χ4n) is 1.71. The summed E-state index contributed by atoms with van der Waals surface area (Å²) in [7, 11) is 0. The first-order valence-corrected chi connectivity index (χ1v) is 7.66. The molecule has 1 heterocycles. The van der Waals surface area contributed by atoms with Gasteiger partial charge in [0.25, 0.3) is 0 Å². The largest absolute Gasteiger partial charge is 0.450 e. The minimum atomic E-state index is -0.572. The lowest BCUT2D eigenvalue weighted by atomic mass is 10.0. The fraction of sp³-hybridized carbons (Fsp3) is 0.571. The van der Waals surface area contributed by atoms with Gasteiger partial charge in [-0.2, -0.15) is 0 Å². The number of thiophene rings is 1. The molecule has 20 heavy (non-hydrogen) atoms. The lowest BCUT2D eigenvalue weighted by Gasteiger charge is -2.21. The van der Waals surface area contributed by atoms with Crippen LogP contribution in [0.3, 0.4) is 0 Å².